The molecule has 3 nitrogen and oxygen atoms in total. The van der Waals surface area contributed by atoms with Gasteiger partial charge in [-0.3, -0.25) is 9.78 Å². The monoisotopic (exact) mass is 336 g/mol. The van der Waals surface area contributed by atoms with E-state index in [2.05, 4.69) is 4.98 Å². The number of rotatable bonds is 1. The topological polar surface area (TPSA) is 33.2 Å². The zero-order valence-corrected chi connectivity index (χ0v) is 11.4. The van der Waals surface area contributed by atoms with Crippen molar-refractivity contribution in [2.45, 2.75) is 30.4 Å². The van der Waals surface area contributed by atoms with Crippen LogP contribution in [0.2, 0.25) is 0 Å². The number of halogens is 6. The lowest BCUT2D eigenvalue weighted by atomic mass is 9.83. The van der Waals surface area contributed by atoms with Gasteiger partial charge in [-0.05, 0) is 18.6 Å². The smallest absolute Gasteiger partial charge is 0.309 e. The summed E-state index contributed by atoms with van der Waals surface area (Å²) >= 11 is 0. The fraction of sp³-hybridized carbons (Fsp3) is 0.429. The Morgan fingerprint density at radius 1 is 1.17 bits per heavy atom. The molecule has 0 radical (unpaired) electrons. The summed E-state index contributed by atoms with van der Waals surface area (Å²) in [5.41, 5.74) is -4.52. The van der Waals surface area contributed by atoms with E-state index in [-0.39, 0.29) is 10.5 Å². The van der Waals surface area contributed by atoms with Crippen LogP contribution in [0.5, 0.6) is 0 Å². The Morgan fingerprint density at radius 3 is 2.35 bits per heavy atom. The molecular formula is C14H10F6N2O. The van der Waals surface area contributed by atoms with Gasteiger partial charge >= 0.3 is 12.4 Å². The van der Waals surface area contributed by atoms with E-state index < -0.39 is 42.2 Å². The fourth-order valence-electron chi connectivity index (χ4n) is 3.41. The Bertz CT molecular complexity index is 637. The van der Waals surface area contributed by atoms with Gasteiger partial charge in [0, 0.05) is 18.3 Å². The molecule has 3 rings (SSSR count). The maximum absolute atomic E-state index is 13.5. The first-order valence-corrected chi connectivity index (χ1v) is 6.66. The van der Waals surface area contributed by atoms with Gasteiger partial charge in [0.25, 0.3) is 5.91 Å². The number of carbonyl (C=O) groups is 1. The first kappa shape index (κ1) is 15.8. The van der Waals surface area contributed by atoms with Crippen molar-refractivity contribution in [1.82, 2.24) is 9.88 Å². The summed E-state index contributed by atoms with van der Waals surface area (Å²) in [7, 11) is 0. The molecule has 1 aromatic rings. The van der Waals surface area contributed by atoms with E-state index in [1.807, 2.05) is 0 Å². The van der Waals surface area contributed by atoms with Gasteiger partial charge in [0.2, 0.25) is 5.54 Å². The average Bonchev–Trinajstić information content (AvgIpc) is 3.04. The number of alkyl halides is 6. The Labute approximate surface area is 126 Å². The first-order chi connectivity index (χ1) is 10.6. The standard InChI is InChI=1S/C14H10F6N2O/c15-13(16,17)12(14(18,19)20)9-3-4-10(6-9)22(12)11(23)8-2-1-5-21-7-8/h1-5,7,9-10H,6H2/t9-,10-/m1/s1. The van der Waals surface area contributed by atoms with Crippen LogP contribution in [-0.2, 0) is 0 Å². The Kier molecular flexibility index (Phi) is 3.24. The molecule has 1 aliphatic heterocycles. The Balaban J connectivity index is 2.18. The van der Waals surface area contributed by atoms with Crippen LogP contribution < -0.4 is 0 Å². The maximum atomic E-state index is 13.5. The second kappa shape index (κ2) is 4.72. The lowest BCUT2D eigenvalue weighted by molar-refractivity contribution is -0.336. The number of amides is 1. The number of carbonyl (C=O) groups excluding carboxylic acids is 1. The third-order valence-electron chi connectivity index (χ3n) is 4.30. The highest BCUT2D eigenvalue weighted by Crippen LogP contribution is 2.60. The van der Waals surface area contributed by atoms with Gasteiger partial charge in [0.05, 0.1) is 11.6 Å². The summed E-state index contributed by atoms with van der Waals surface area (Å²) < 4.78 is 81.2. The van der Waals surface area contributed by atoms with Crippen molar-refractivity contribution in [3.63, 3.8) is 0 Å². The summed E-state index contributed by atoms with van der Waals surface area (Å²) in [5.74, 6) is -3.17. The molecule has 0 spiro atoms. The summed E-state index contributed by atoms with van der Waals surface area (Å²) in [6.45, 7) is 0. The van der Waals surface area contributed by atoms with Crippen molar-refractivity contribution >= 4 is 5.91 Å². The minimum atomic E-state index is -5.65. The summed E-state index contributed by atoms with van der Waals surface area (Å²) in [6.07, 6.45) is -7.35. The molecule has 23 heavy (non-hydrogen) atoms. The lowest BCUT2D eigenvalue weighted by Gasteiger charge is -2.46. The quantitative estimate of drug-likeness (QED) is 0.582. The Morgan fingerprint density at radius 2 is 1.83 bits per heavy atom. The molecule has 0 N–H and O–H groups in total. The minimum absolute atomic E-state index is 0.0747. The third kappa shape index (κ3) is 1.98. The molecule has 1 aliphatic carbocycles. The van der Waals surface area contributed by atoms with Crippen molar-refractivity contribution < 1.29 is 31.1 Å². The average molecular weight is 336 g/mol. The molecular weight excluding hydrogens is 326 g/mol. The largest absolute Gasteiger partial charge is 0.421 e. The van der Waals surface area contributed by atoms with Crippen LogP contribution in [0, 0.1) is 5.92 Å². The molecule has 0 unspecified atom stereocenters. The normalized spacial score (nSPS) is 25.9. The van der Waals surface area contributed by atoms with Crippen LogP contribution in [0.15, 0.2) is 36.7 Å². The molecule has 124 valence electrons. The van der Waals surface area contributed by atoms with Crippen molar-refractivity contribution in [2.75, 3.05) is 0 Å². The molecule has 1 saturated heterocycles. The lowest BCUT2D eigenvalue weighted by Crippen LogP contribution is -2.70. The number of nitrogens with zero attached hydrogens (tertiary/aromatic N) is 2. The molecule has 2 aliphatic rings. The van der Waals surface area contributed by atoms with Crippen molar-refractivity contribution in [3.8, 4) is 0 Å². The van der Waals surface area contributed by atoms with Gasteiger partial charge in [0.15, 0.2) is 0 Å². The van der Waals surface area contributed by atoms with E-state index in [1.165, 1.54) is 18.3 Å². The van der Waals surface area contributed by atoms with Crippen LogP contribution in [-0.4, -0.2) is 39.7 Å². The molecule has 1 fully saturated rings. The Hall–Kier alpha value is -2.06. The number of aromatic nitrogens is 1. The second-order valence-corrected chi connectivity index (χ2v) is 5.47. The molecule has 0 aromatic carbocycles. The van der Waals surface area contributed by atoms with Crippen molar-refractivity contribution in [2.24, 2.45) is 5.92 Å². The van der Waals surface area contributed by atoms with Crippen molar-refractivity contribution in [3.05, 3.63) is 42.2 Å². The number of hydrogen-bond acceptors (Lipinski definition) is 2. The van der Waals surface area contributed by atoms with Crippen LogP contribution >= 0.6 is 0 Å². The molecule has 1 aromatic heterocycles. The highest BCUT2D eigenvalue weighted by Gasteiger charge is 2.81. The minimum Gasteiger partial charge on any atom is -0.309 e. The summed E-state index contributed by atoms with van der Waals surface area (Å²) in [6, 6.07) is 1.18. The van der Waals surface area contributed by atoms with E-state index in [1.54, 1.807) is 0 Å². The van der Waals surface area contributed by atoms with E-state index in [9.17, 15) is 31.1 Å². The summed E-state index contributed by atoms with van der Waals surface area (Å²) in [4.78, 5) is 15.9. The fourth-order valence-corrected chi connectivity index (χ4v) is 3.41. The molecule has 2 bridgehead atoms. The zero-order chi connectivity index (χ0) is 17.0. The van der Waals surface area contributed by atoms with E-state index in [0.29, 0.717) is 0 Å². The van der Waals surface area contributed by atoms with Gasteiger partial charge < -0.3 is 4.90 Å². The van der Waals surface area contributed by atoms with Gasteiger partial charge in [0.1, 0.15) is 0 Å². The molecule has 2 heterocycles. The van der Waals surface area contributed by atoms with Gasteiger partial charge in [-0.1, -0.05) is 12.2 Å². The molecule has 0 saturated carbocycles. The maximum Gasteiger partial charge on any atom is 0.421 e. The van der Waals surface area contributed by atoms with Crippen LogP contribution in [0.4, 0.5) is 26.3 Å². The van der Waals surface area contributed by atoms with E-state index in [0.717, 1.165) is 18.3 Å². The SMILES string of the molecule is O=C(c1cccnc1)N1[C@@H]2C=C[C@H](C2)C1(C(F)(F)F)C(F)(F)F. The van der Waals surface area contributed by atoms with Gasteiger partial charge in [-0.15, -0.1) is 0 Å². The number of likely N-dealkylation sites (tertiary alicyclic amines) is 1. The predicted octanol–water partition coefficient (Wildman–Crippen LogP) is 3.35. The van der Waals surface area contributed by atoms with Crippen LogP contribution in [0.1, 0.15) is 16.8 Å². The number of fused-ring (bicyclic) bond motifs is 2. The zero-order valence-electron chi connectivity index (χ0n) is 11.4. The van der Waals surface area contributed by atoms with E-state index in [4.69, 9.17) is 0 Å². The number of hydrogen-bond donors (Lipinski definition) is 0. The predicted molar refractivity (Wildman–Crippen MR) is 66.3 cm³/mol. The summed E-state index contributed by atoms with van der Waals surface area (Å²) in [5, 5.41) is 0. The molecule has 9 heteroatoms. The van der Waals surface area contributed by atoms with E-state index >= 15 is 0 Å². The third-order valence-corrected chi connectivity index (χ3v) is 4.30. The highest BCUT2D eigenvalue weighted by molar-refractivity contribution is 5.95. The van der Waals surface area contributed by atoms with Gasteiger partial charge in [-0.2, -0.15) is 26.3 Å². The molecule has 2 atom stereocenters. The number of pyridine rings is 1. The highest BCUT2D eigenvalue weighted by atomic mass is 19.4. The second-order valence-electron chi connectivity index (χ2n) is 5.47. The van der Waals surface area contributed by atoms with Crippen LogP contribution in [0.25, 0.3) is 0 Å². The van der Waals surface area contributed by atoms with Crippen LogP contribution in [0.3, 0.4) is 0 Å². The first-order valence-electron chi connectivity index (χ1n) is 6.66. The van der Waals surface area contributed by atoms with Crippen molar-refractivity contribution in [1.29, 1.82) is 0 Å². The van der Waals surface area contributed by atoms with Gasteiger partial charge in [-0.25, -0.2) is 0 Å². The molecule has 1 amide bonds.